The van der Waals surface area contributed by atoms with Crippen molar-refractivity contribution in [3.63, 3.8) is 0 Å². The van der Waals surface area contributed by atoms with Crippen LogP contribution in [0.1, 0.15) is 17.0 Å². The molecule has 6 nitrogen and oxygen atoms in total. The quantitative estimate of drug-likeness (QED) is 0.401. The van der Waals surface area contributed by atoms with Crippen LogP contribution < -0.4 is 10.3 Å². The van der Waals surface area contributed by atoms with Crippen LogP contribution in [0.25, 0.3) is 10.9 Å². The summed E-state index contributed by atoms with van der Waals surface area (Å²) in [4.78, 5) is 17.2. The van der Waals surface area contributed by atoms with Gasteiger partial charge in [-0.15, -0.1) is 0 Å². The molecule has 134 valence electrons. The van der Waals surface area contributed by atoms with Gasteiger partial charge in [-0.05, 0) is 23.3 Å². The Morgan fingerprint density at radius 1 is 1.04 bits per heavy atom. The highest BCUT2D eigenvalue weighted by Gasteiger charge is 2.24. The molecule has 3 N–H and O–H groups in total. The number of nitrogens with one attached hydrogen (secondary N) is 3. The number of pyridine rings is 1. The topological polar surface area (TPSA) is 85.1 Å². The maximum Gasteiger partial charge on any atom is 0.357 e. The second-order valence-corrected chi connectivity index (χ2v) is 6.32. The van der Waals surface area contributed by atoms with E-state index in [2.05, 4.69) is 33.5 Å². The lowest BCUT2D eigenvalue weighted by atomic mass is 9.91. The van der Waals surface area contributed by atoms with E-state index in [4.69, 9.17) is 0 Å². The van der Waals surface area contributed by atoms with Gasteiger partial charge in [0.1, 0.15) is 0 Å². The highest BCUT2D eigenvalue weighted by Crippen LogP contribution is 2.31. The zero-order valence-corrected chi connectivity index (χ0v) is 14.6. The summed E-state index contributed by atoms with van der Waals surface area (Å²) in [6, 6.07) is 21.4. The van der Waals surface area contributed by atoms with Crippen molar-refractivity contribution in [1.29, 1.82) is 0 Å². The van der Waals surface area contributed by atoms with Crippen LogP contribution in [0.3, 0.4) is 0 Å². The highest BCUT2D eigenvalue weighted by molar-refractivity contribution is 5.84. The molecule has 1 atom stereocenters. The summed E-state index contributed by atoms with van der Waals surface area (Å²) in [6.07, 6.45) is 3.70. The lowest BCUT2D eigenvalue weighted by Crippen LogP contribution is -2.20. The minimum absolute atomic E-state index is 0.0308. The van der Waals surface area contributed by atoms with E-state index in [1.165, 1.54) is 6.07 Å². The van der Waals surface area contributed by atoms with Gasteiger partial charge in [0.25, 0.3) is 0 Å². The second-order valence-electron chi connectivity index (χ2n) is 6.32. The van der Waals surface area contributed by atoms with Gasteiger partial charge in [0.2, 0.25) is 0 Å². The van der Waals surface area contributed by atoms with Crippen molar-refractivity contribution in [1.82, 2.24) is 4.98 Å². The third-order valence-corrected chi connectivity index (χ3v) is 4.71. The Kier molecular flexibility index (Phi) is 4.53. The van der Waals surface area contributed by atoms with Gasteiger partial charge in [0.15, 0.2) is 0 Å². The van der Waals surface area contributed by atoms with Crippen molar-refractivity contribution >= 4 is 22.4 Å². The van der Waals surface area contributed by atoms with E-state index in [0.29, 0.717) is 12.4 Å². The number of para-hydroxylation sites is 1. The first-order valence-electron chi connectivity index (χ1n) is 8.74. The Labute approximate surface area is 156 Å². The zero-order chi connectivity index (χ0) is 18.6. The molecule has 2 heterocycles. The number of rotatable bonds is 6. The Balaban J connectivity index is 1.71. The Hall–Kier alpha value is -3.67. The van der Waals surface area contributed by atoms with Crippen LogP contribution in [0, 0.1) is 10.1 Å². The molecule has 0 saturated heterocycles. The molecule has 0 saturated carbocycles. The van der Waals surface area contributed by atoms with Gasteiger partial charge in [0.05, 0.1) is 17.7 Å². The van der Waals surface area contributed by atoms with Gasteiger partial charge in [-0.2, -0.15) is 0 Å². The summed E-state index contributed by atoms with van der Waals surface area (Å²) in [5.41, 5.74) is 3.41. The number of nitro groups is 1. The molecular formula is C21H19N4O2+. The van der Waals surface area contributed by atoms with Gasteiger partial charge in [-0.3, -0.25) is 15.4 Å². The van der Waals surface area contributed by atoms with Crippen LogP contribution in [0.2, 0.25) is 0 Å². The molecule has 0 amide bonds. The molecule has 0 radical (unpaired) electrons. The molecule has 0 fully saturated rings. The van der Waals surface area contributed by atoms with Crippen molar-refractivity contribution in [2.24, 2.45) is 0 Å². The van der Waals surface area contributed by atoms with E-state index in [9.17, 15) is 10.1 Å². The number of anilines is 1. The van der Waals surface area contributed by atoms with Crippen molar-refractivity contribution in [2.75, 3.05) is 11.9 Å². The molecule has 27 heavy (non-hydrogen) atoms. The summed E-state index contributed by atoms with van der Waals surface area (Å²) < 4.78 is 0. The summed E-state index contributed by atoms with van der Waals surface area (Å²) in [5.74, 6) is 0.443. The summed E-state index contributed by atoms with van der Waals surface area (Å²) in [5, 5.41) is 15.7. The molecule has 0 aliphatic heterocycles. The molecule has 0 unspecified atom stereocenters. The molecule has 0 bridgehead atoms. The van der Waals surface area contributed by atoms with Gasteiger partial charge >= 0.3 is 11.5 Å². The van der Waals surface area contributed by atoms with E-state index in [0.717, 1.165) is 22.0 Å². The van der Waals surface area contributed by atoms with Crippen LogP contribution in [-0.2, 0) is 0 Å². The van der Waals surface area contributed by atoms with Crippen molar-refractivity contribution < 1.29 is 9.91 Å². The largest absolute Gasteiger partial charge is 0.361 e. The first-order chi connectivity index (χ1) is 13.2. The molecule has 2 aromatic carbocycles. The maximum absolute atomic E-state index is 11.3. The number of hydrogen-bond donors (Lipinski definition) is 2. The third kappa shape index (κ3) is 3.37. The summed E-state index contributed by atoms with van der Waals surface area (Å²) in [6.45, 7) is 0.521. The molecule has 4 rings (SSSR count). The first kappa shape index (κ1) is 16.8. The monoisotopic (exact) mass is 359 g/mol. The van der Waals surface area contributed by atoms with E-state index < -0.39 is 0 Å². The van der Waals surface area contributed by atoms with Gasteiger partial charge in [0, 0.05) is 29.1 Å². The van der Waals surface area contributed by atoms with Crippen LogP contribution in [0.4, 0.5) is 11.5 Å². The van der Waals surface area contributed by atoms with E-state index in [-0.39, 0.29) is 16.5 Å². The predicted molar refractivity (Wildman–Crippen MR) is 105 cm³/mol. The first-order valence-corrected chi connectivity index (χ1v) is 8.74. The molecule has 0 aliphatic carbocycles. The van der Waals surface area contributed by atoms with Crippen molar-refractivity contribution in [2.45, 2.75) is 5.92 Å². The fraction of sp³-hybridized carbons (Fsp3) is 0.0952. The smallest absolute Gasteiger partial charge is 0.357 e. The van der Waals surface area contributed by atoms with Crippen LogP contribution in [0.15, 0.2) is 79.1 Å². The lowest BCUT2D eigenvalue weighted by molar-refractivity contribution is -0.409. The SMILES string of the molecule is O=[N+]([O-])c1ccc[nH+]c1NC[C@H](c1ccccc1)c1c[nH]c2ccccc12. The van der Waals surface area contributed by atoms with Gasteiger partial charge < -0.3 is 4.98 Å². The Morgan fingerprint density at radius 3 is 2.63 bits per heavy atom. The Bertz CT molecular complexity index is 1080. The van der Waals surface area contributed by atoms with Crippen LogP contribution in [0.5, 0.6) is 0 Å². The molecule has 4 aromatic rings. The fourth-order valence-corrected chi connectivity index (χ4v) is 3.40. The number of hydrogen-bond acceptors (Lipinski definition) is 3. The fourth-order valence-electron chi connectivity index (χ4n) is 3.40. The molecular weight excluding hydrogens is 340 g/mol. The zero-order valence-electron chi connectivity index (χ0n) is 14.6. The van der Waals surface area contributed by atoms with E-state index in [1.54, 1.807) is 12.3 Å². The number of fused-ring (bicyclic) bond motifs is 1. The number of aromatic nitrogens is 2. The van der Waals surface area contributed by atoms with E-state index in [1.807, 2.05) is 42.6 Å². The Morgan fingerprint density at radius 2 is 1.81 bits per heavy atom. The maximum atomic E-state index is 11.3. The van der Waals surface area contributed by atoms with Crippen LogP contribution in [-0.4, -0.2) is 16.5 Å². The number of nitrogens with zero attached hydrogens (tertiary/aromatic N) is 1. The number of aromatic amines is 2. The lowest BCUT2D eigenvalue weighted by Gasteiger charge is -2.15. The number of H-pyrrole nitrogens is 2. The van der Waals surface area contributed by atoms with Gasteiger partial charge in [-0.1, -0.05) is 48.5 Å². The van der Waals surface area contributed by atoms with Crippen molar-refractivity contribution in [3.8, 4) is 0 Å². The van der Waals surface area contributed by atoms with E-state index >= 15 is 0 Å². The van der Waals surface area contributed by atoms with Crippen molar-refractivity contribution in [3.05, 3.63) is 100 Å². The average Bonchev–Trinajstić information content (AvgIpc) is 3.13. The standard InChI is InChI=1S/C21H18N4O2/c26-25(27)20-11-6-12-22-21(20)24-13-17(15-7-2-1-3-8-15)18-14-23-19-10-5-4-9-16(18)19/h1-12,14,17,23H,13H2,(H,22,24)/p+1/t17-/m1/s1. The molecule has 6 heteroatoms. The third-order valence-electron chi connectivity index (χ3n) is 4.71. The summed E-state index contributed by atoms with van der Waals surface area (Å²) >= 11 is 0. The average molecular weight is 359 g/mol. The molecule has 0 aliphatic rings. The molecule has 0 spiro atoms. The minimum Gasteiger partial charge on any atom is -0.361 e. The van der Waals surface area contributed by atoms with Crippen LogP contribution >= 0.6 is 0 Å². The normalized spacial score (nSPS) is 12.0. The van der Waals surface area contributed by atoms with Gasteiger partial charge in [-0.25, -0.2) is 4.98 Å². The highest BCUT2D eigenvalue weighted by atomic mass is 16.6. The second kappa shape index (κ2) is 7.29. The summed E-state index contributed by atoms with van der Waals surface area (Å²) in [7, 11) is 0. The minimum atomic E-state index is -0.387. The number of benzene rings is 2. The molecule has 2 aromatic heterocycles. The predicted octanol–water partition coefficient (Wildman–Crippen LogP) is 4.13.